The number of nitrogens with zero attached hydrogens (tertiary/aromatic N) is 4. The molecule has 4 rings (SSSR count). The summed E-state index contributed by atoms with van der Waals surface area (Å²) in [5.41, 5.74) is 1.63. The highest BCUT2D eigenvalue weighted by Crippen LogP contribution is 2.37. The highest BCUT2D eigenvalue weighted by Gasteiger charge is 2.45. The minimum absolute atomic E-state index is 0.0486. The third-order valence-electron chi connectivity index (χ3n) is 5.72. The molecular weight excluding hydrogens is 352 g/mol. The van der Waals surface area contributed by atoms with Crippen LogP contribution in [0.2, 0.25) is 0 Å². The van der Waals surface area contributed by atoms with Crippen molar-refractivity contribution in [2.45, 2.75) is 32.0 Å². The molecular formula is C22H24N4O2. The molecule has 0 saturated carbocycles. The molecule has 1 amide bonds. The summed E-state index contributed by atoms with van der Waals surface area (Å²) in [6, 6.07) is 16.2. The van der Waals surface area contributed by atoms with Crippen molar-refractivity contribution >= 4 is 11.7 Å². The summed E-state index contributed by atoms with van der Waals surface area (Å²) in [5.74, 6) is 1.43. The molecule has 0 aliphatic carbocycles. The summed E-state index contributed by atoms with van der Waals surface area (Å²) in [6.07, 6.45) is 2.66. The van der Waals surface area contributed by atoms with Gasteiger partial charge < -0.3 is 14.5 Å². The van der Waals surface area contributed by atoms with Gasteiger partial charge in [0, 0.05) is 25.3 Å². The number of benzene rings is 1. The average Bonchev–Trinajstić information content (AvgIpc) is 2.93. The molecule has 2 unspecified atom stereocenters. The number of fused-ring (bicyclic) bond motifs is 2. The van der Waals surface area contributed by atoms with Gasteiger partial charge in [0.1, 0.15) is 18.5 Å². The minimum Gasteiger partial charge on any atom is -0.367 e. The Morgan fingerprint density at radius 3 is 2.75 bits per heavy atom. The monoisotopic (exact) mass is 376 g/mol. The molecule has 3 atom stereocenters. The number of amides is 1. The lowest BCUT2D eigenvalue weighted by molar-refractivity contribution is -0.137. The first kappa shape index (κ1) is 18.5. The molecule has 2 aliphatic heterocycles. The van der Waals surface area contributed by atoms with E-state index in [0.717, 1.165) is 17.8 Å². The summed E-state index contributed by atoms with van der Waals surface area (Å²) < 4.78 is 5.64. The average molecular weight is 376 g/mol. The van der Waals surface area contributed by atoms with E-state index in [0.29, 0.717) is 31.2 Å². The van der Waals surface area contributed by atoms with E-state index in [1.807, 2.05) is 41.3 Å². The van der Waals surface area contributed by atoms with Crippen LogP contribution in [-0.4, -0.2) is 47.6 Å². The molecule has 144 valence electrons. The molecule has 2 fully saturated rings. The molecule has 2 saturated heterocycles. The van der Waals surface area contributed by atoms with Gasteiger partial charge in [-0.15, -0.1) is 0 Å². The second-order valence-electron chi connectivity index (χ2n) is 7.64. The Balaban J connectivity index is 1.37. The number of ether oxygens (including phenoxy) is 1. The fourth-order valence-corrected chi connectivity index (χ4v) is 4.32. The fourth-order valence-electron chi connectivity index (χ4n) is 4.32. The summed E-state index contributed by atoms with van der Waals surface area (Å²) in [5, 5.41) is 8.98. The number of hydrogen-bond acceptors (Lipinski definition) is 5. The fraction of sp³-hybridized carbons (Fsp3) is 0.409. The lowest BCUT2D eigenvalue weighted by Gasteiger charge is -2.42. The Hall–Kier alpha value is -2.91. The van der Waals surface area contributed by atoms with Crippen LogP contribution in [0.3, 0.4) is 0 Å². The highest BCUT2D eigenvalue weighted by atomic mass is 16.5. The third-order valence-corrected chi connectivity index (χ3v) is 5.72. The summed E-state index contributed by atoms with van der Waals surface area (Å²) >= 11 is 0. The summed E-state index contributed by atoms with van der Waals surface area (Å²) in [6.45, 7) is 4.17. The first-order valence-electron chi connectivity index (χ1n) is 9.69. The number of rotatable bonds is 5. The van der Waals surface area contributed by atoms with Gasteiger partial charge in [0.25, 0.3) is 0 Å². The number of pyridine rings is 1. The smallest absolute Gasteiger partial charge is 0.248 e. The van der Waals surface area contributed by atoms with Crippen molar-refractivity contribution in [3.8, 4) is 6.07 Å². The molecule has 2 bridgehead atoms. The third kappa shape index (κ3) is 3.71. The second kappa shape index (κ2) is 7.99. The lowest BCUT2D eigenvalue weighted by atomic mass is 10.0. The van der Waals surface area contributed by atoms with Gasteiger partial charge in [-0.3, -0.25) is 4.79 Å². The van der Waals surface area contributed by atoms with Crippen LogP contribution >= 0.6 is 0 Å². The first-order chi connectivity index (χ1) is 13.7. The van der Waals surface area contributed by atoms with Crippen LogP contribution in [0.1, 0.15) is 24.5 Å². The van der Waals surface area contributed by atoms with Crippen LogP contribution in [0.25, 0.3) is 0 Å². The highest BCUT2D eigenvalue weighted by molar-refractivity contribution is 5.78. The van der Waals surface area contributed by atoms with E-state index in [4.69, 9.17) is 10.00 Å². The zero-order valence-corrected chi connectivity index (χ0v) is 16.0. The van der Waals surface area contributed by atoms with Crippen LogP contribution < -0.4 is 4.90 Å². The standard InChI is InChI=1S/C22H24N4O2/c1-16-9-19-12-25(22(27)15-28-14-17-5-3-2-4-6-17)13-20(16)26(19)21-8-7-18(10-23)11-24-21/h2-8,11,16,19-20H,9,12-15H2,1H3/t16-,19?,20?/m1/s1. The maximum absolute atomic E-state index is 12.7. The van der Waals surface area contributed by atoms with Gasteiger partial charge in [0.05, 0.1) is 18.2 Å². The van der Waals surface area contributed by atoms with Gasteiger partial charge in [-0.1, -0.05) is 37.3 Å². The Morgan fingerprint density at radius 1 is 1.25 bits per heavy atom. The van der Waals surface area contributed by atoms with Gasteiger partial charge in [0.15, 0.2) is 0 Å². The maximum atomic E-state index is 12.7. The number of carbonyl (C=O) groups excluding carboxylic acids is 1. The van der Waals surface area contributed by atoms with E-state index in [1.54, 1.807) is 12.3 Å². The number of piperazine rings is 1. The maximum Gasteiger partial charge on any atom is 0.248 e. The molecule has 2 aliphatic rings. The van der Waals surface area contributed by atoms with Crippen LogP contribution in [-0.2, 0) is 16.1 Å². The predicted molar refractivity (Wildman–Crippen MR) is 105 cm³/mol. The number of aromatic nitrogens is 1. The van der Waals surface area contributed by atoms with Crippen LogP contribution in [0.5, 0.6) is 0 Å². The molecule has 1 aromatic carbocycles. The number of hydrogen-bond donors (Lipinski definition) is 0. The van der Waals surface area contributed by atoms with E-state index < -0.39 is 0 Å². The van der Waals surface area contributed by atoms with Gasteiger partial charge in [-0.2, -0.15) is 5.26 Å². The van der Waals surface area contributed by atoms with Crippen molar-refractivity contribution in [2.75, 3.05) is 24.6 Å². The molecule has 0 spiro atoms. The van der Waals surface area contributed by atoms with E-state index in [2.05, 4.69) is 22.9 Å². The number of nitriles is 1. The zero-order chi connectivity index (χ0) is 19.5. The first-order valence-corrected chi connectivity index (χ1v) is 9.69. The van der Waals surface area contributed by atoms with Gasteiger partial charge in [0.2, 0.25) is 5.91 Å². The van der Waals surface area contributed by atoms with Crippen molar-refractivity contribution < 1.29 is 9.53 Å². The van der Waals surface area contributed by atoms with Gasteiger partial charge >= 0.3 is 0 Å². The van der Waals surface area contributed by atoms with Crippen LogP contribution in [0, 0.1) is 17.2 Å². The number of carbonyl (C=O) groups is 1. The Labute approximate surface area is 165 Å². The van der Waals surface area contributed by atoms with E-state index in [1.165, 1.54) is 0 Å². The second-order valence-corrected chi connectivity index (χ2v) is 7.64. The molecule has 0 radical (unpaired) electrons. The van der Waals surface area contributed by atoms with Crippen molar-refractivity contribution in [3.63, 3.8) is 0 Å². The number of likely N-dealkylation sites (tertiary alicyclic amines) is 1. The largest absolute Gasteiger partial charge is 0.367 e. The topological polar surface area (TPSA) is 69.5 Å². The molecule has 28 heavy (non-hydrogen) atoms. The van der Waals surface area contributed by atoms with E-state index in [-0.39, 0.29) is 24.6 Å². The Morgan fingerprint density at radius 2 is 2.07 bits per heavy atom. The summed E-state index contributed by atoms with van der Waals surface area (Å²) in [4.78, 5) is 21.4. The van der Waals surface area contributed by atoms with Crippen LogP contribution in [0.4, 0.5) is 5.82 Å². The molecule has 6 heteroatoms. The molecule has 6 nitrogen and oxygen atoms in total. The molecule has 3 heterocycles. The van der Waals surface area contributed by atoms with Crippen LogP contribution in [0.15, 0.2) is 48.7 Å². The van der Waals surface area contributed by atoms with E-state index in [9.17, 15) is 4.79 Å². The molecule has 1 aromatic heterocycles. The Kier molecular flexibility index (Phi) is 5.27. The summed E-state index contributed by atoms with van der Waals surface area (Å²) in [7, 11) is 0. The van der Waals surface area contributed by atoms with Crippen molar-refractivity contribution in [3.05, 3.63) is 59.8 Å². The van der Waals surface area contributed by atoms with Crippen molar-refractivity contribution in [2.24, 2.45) is 5.92 Å². The quantitative estimate of drug-likeness (QED) is 0.802. The predicted octanol–water partition coefficient (Wildman–Crippen LogP) is 2.60. The van der Waals surface area contributed by atoms with Gasteiger partial charge in [-0.05, 0) is 30.0 Å². The minimum atomic E-state index is 0.0486. The Bertz CT molecular complexity index is 862. The molecule has 2 aromatic rings. The van der Waals surface area contributed by atoms with Crippen molar-refractivity contribution in [1.29, 1.82) is 5.26 Å². The molecule has 0 N–H and O–H groups in total. The SMILES string of the molecule is C[C@@H]1CC2CN(C(=O)COCc3ccccc3)CC1N2c1ccc(C#N)cn1. The lowest BCUT2D eigenvalue weighted by Crippen LogP contribution is -2.57. The van der Waals surface area contributed by atoms with E-state index >= 15 is 0 Å². The van der Waals surface area contributed by atoms with Crippen molar-refractivity contribution in [1.82, 2.24) is 9.88 Å². The number of anilines is 1. The normalized spacial score (nSPS) is 23.5. The van der Waals surface area contributed by atoms with Gasteiger partial charge in [-0.25, -0.2) is 4.98 Å². The zero-order valence-electron chi connectivity index (χ0n) is 16.0.